The largest absolute Gasteiger partial charge is 0.376 e. The third-order valence-corrected chi connectivity index (χ3v) is 2.39. The van der Waals surface area contributed by atoms with Gasteiger partial charge in [-0.2, -0.15) is 0 Å². The Bertz CT molecular complexity index is 424. The summed E-state index contributed by atoms with van der Waals surface area (Å²) in [6, 6.07) is 5.99. The van der Waals surface area contributed by atoms with Gasteiger partial charge in [-0.15, -0.1) is 0 Å². The van der Waals surface area contributed by atoms with Gasteiger partial charge in [0.15, 0.2) is 0 Å². The summed E-state index contributed by atoms with van der Waals surface area (Å²) < 4.78 is 0. The summed E-state index contributed by atoms with van der Waals surface area (Å²) in [5.74, 6) is -0.0353. The molecule has 0 bridgehead atoms. The number of rotatable bonds is 1. The van der Waals surface area contributed by atoms with Crippen LogP contribution in [0.4, 0.5) is 5.69 Å². The summed E-state index contributed by atoms with van der Waals surface area (Å²) in [7, 11) is 2.04. The van der Waals surface area contributed by atoms with E-state index in [1.165, 1.54) is 18.1 Å². The number of hydrogen-bond donors (Lipinski definition) is 1. The zero-order chi connectivity index (χ0) is 10.8. The van der Waals surface area contributed by atoms with Crippen molar-refractivity contribution in [1.82, 2.24) is 4.90 Å². The van der Waals surface area contributed by atoms with Crippen LogP contribution in [0, 0.1) is 0 Å². The molecule has 1 amide bonds. The Morgan fingerprint density at radius 3 is 3.00 bits per heavy atom. The Balaban J connectivity index is 2.29. The molecule has 3 heteroatoms. The van der Waals surface area contributed by atoms with Crippen LogP contribution >= 0.6 is 0 Å². The minimum absolute atomic E-state index is 0.0353. The van der Waals surface area contributed by atoms with E-state index in [2.05, 4.69) is 22.4 Å². The Morgan fingerprint density at radius 1 is 1.47 bits per heavy atom. The van der Waals surface area contributed by atoms with Crippen LogP contribution in [0.1, 0.15) is 18.1 Å². The molecule has 0 radical (unpaired) electrons. The fourth-order valence-electron chi connectivity index (χ4n) is 1.70. The summed E-state index contributed by atoms with van der Waals surface area (Å²) in [5, 5.41) is 2.78. The first-order valence-corrected chi connectivity index (χ1v) is 4.94. The molecule has 0 fully saturated rings. The lowest BCUT2D eigenvalue weighted by atomic mass is 10.0. The van der Waals surface area contributed by atoms with Crippen LogP contribution in [0.3, 0.4) is 0 Å². The normalized spacial score (nSPS) is 13.6. The molecule has 2 rings (SSSR count). The quantitative estimate of drug-likeness (QED) is 0.756. The molecule has 1 aliphatic heterocycles. The highest BCUT2D eigenvalue weighted by atomic mass is 16.1. The fraction of sp³-hybridized carbons (Fsp3) is 0.250. The van der Waals surface area contributed by atoms with Gasteiger partial charge in [-0.3, -0.25) is 4.79 Å². The van der Waals surface area contributed by atoms with Crippen molar-refractivity contribution in [2.75, 3.05) is 12.4 Å². The van der Waals surface area contributed by atoms with Crippen LogP contribution < -0.4 is 5.32 Å². The van der Waals surface area contributed by atoms with Crippen molar-refractivity contribution in [2.24, 2.45) is 0 Å². The number of carbonyl (C=O) groups excluding carboxylic acids is 1. The number of amides is 1. The highest BCUT2D eigenvalue weighted by molar-refractivity contribution is 5.89. The summed E-state index contributed by atoms with van der Waals surface area (Å²) in [4.78, 5) is 13.0. The Morgan fingerprint density at radius 2 is 2.27 bits per heavy atom. The second-order valence-corrected chi connectivity index (χ2v) is 3.83. The molecule has 1 aromatic carbocycles. The monoisotopic (exact) mass is 202 g/mol. The van der Waals surface area contributed by atoms with Gasteiger partial charge < -0.3 is 10.2 Å². The SMILES string of the molecule is CC(=O)Nc1ccc2c(c1)C=CN(C)C2. The maximum atomic E-state index is 10.9. The third kappa shape index (κ3) is 2.18. The second kappa shape index (κ2) is 3.77. The number of fused-ring (bicyclic) bond motifs is 1. The molecule has 1 aliphatic rings. The Kier molecular flexibility index (Phi) is 2.46. The van der Waals surface area contributed by atoms with Gasteiger partial charge >= 0.3 is 0 Å². The molecule has 0 spiro atoms. The second-order valence-electron chi connectivity index (χ2n) is 3.83. The van der Waals surface area contributed by atoms with Crippen LogP contribution in [0.25, 0.3) is 6.08 Å². The van der Waals surface area contributed by atoms with E-state index in [1.807, 2.05) is 25.4 Å². The predicted octanol–water partition coefficient (Wildman–Crippen LogP) is 2.06. The molecule has 1 heterocycles. The lowest BCUT2D eigenvalue weighted by Gasteiger charge is -2.21. The van der Waals surface area contributed by atoms with Crippen molar-refractivity contribution in [3.8, 4) is 0 Å². The van der Waals surface area contributed by atoms with Gasteiger partial charge in [-0.1, -0.05) is 6.07 Å². The smallest absolute Gasteiger partial charge is 0.221 e. The van der Waals surface area contributed by atoms with Crippen molar-refractivity contribution in [2.45, 2.75) is 13.5 Å². The first-order valence-electron chi connectivity index (χ1n) is 4.94. The number of benzene rings is 1. The Labute approximate surface area is 89.4 Å². The van der Waals surface area contributed by atoms with Gasteiger partial charge in [0, 0.05) is 26.2 Å². The molecular weight excluding hydrogens is 188 g/mol. The summed E-state index contributed by atoms with van der Waals surface area (Å²) in [6.07, 6.45) is 4.10. The molecule has 0 saturated carbocycles. The molecule has 0 atom stereocenters. The first-order chi connectivity index (χ1) is 7.15. The number of nitrogens with zero attached hydrogens (tertiary/aromatic N) is 1. The van der Waals surface area contributed by atoms with Crippen LogP contribution in [0.5, 0.6) is 0 Å². The molecule has 1 aromatic rings. The Hall–Kier alpha value is -1.77. The van der Waals surface area contributed by atoms with E-state index in [4.69, 9.17) is 0 Å². The van der Waals surface area contributed by atoms with E-state index in [1.54, 1.807) is 0 Å². The minimum Gasteiger partial charge on any atom is -0.376 e. The van der Waals surface area contributed by atoms with Crippen LogP contribution in [0.2, 0.25) is 0 Å². The highest BCUT2D eigenvalue weighted by Crippen LogP contribution is 2.22. The molecule has 0 aliphatic carbocycles. The van der Waals surface area contributed by atoms with Crippen molar-refractivity contribution in [3.63, 3.8) is 0 Å². The number of hydrogen-bond acceptors (Lipinski definition) is 2. The van der Waals surface area contributed by atoms with Gasteiger partial charge in [0.05, 0.1) is 0 Å². The van der Waals surface area contributed by atoms with E-state index in [0.717, 1.165) is 12.2 Å². The van der Waals surface area contributed by atoms with Gasteiger partial charge in [0.2, 0.25) is 5.91 Å². The maximum Gasteiger partial charge on any atom is 0.221 e. The molecule has 15 heavy (non-hydrogen) atoms. The van der Waals surface area contributed by atoms with Crippen molar-refractivity contribution >= 4 is 17.7 Å². The lowest BCUT2D eigenvalue weighted by molar-refractivity contribution is -0.114. The van der Waals surface area contributed by atoms with Crippen LogP contribution in [-0.2, 0) is 11.3 Å². The van der Waals surface area contributed by atoms with E-state index in [0.29, 0.717) is 0 Å². The first kappa shape index (κ1) is 9.77. The average Bonchev–Trinajstić information content (AvgIpc) is 2.17. The summed E-state index contributed by atoms with van der Waals surface area (Å²) >= 11 is 0. The maximum absolute atomic E-state index is 10.9. The van der Waals surface area contributed by atoms with Gasteiger partial charge in [-0.25, -0.2) is 0 Å². The zero-order valence-corrected chi connectivity index (χ0v) is 8.95. The van der Waals surface area contributed by atoms with E-state index in [-0.39, 0.29) is 5.91 Å². The number of anilines is 1. The van der Waals surface area contributed by atoms with E-state index < -0.39 is 0 Å². The van der Waals surface area contributed by atoms with Crippen LogP contribution in [0.15, 0.2) is 24.4 Å². The summed E-state index contributed by atoms with van der Waals surface area (Å²) in [6.45, 7) is 2.44. The molecular formula is C12H14N2O. The minimum atomic E-state index is -0.0353. The van der Waals surface area contributed by atoms with E-state index in [9.17, 15) is 4.79 Å². The third-order valence-electron chi connectivity index (χ3n) is 2.39. The topological polar surface area (TPSA) is 32.3 Å². The van der Waals surface area contributed by atoms with Gasteiger partial charge in [-0.05, 0) is 35.5 Å². The lowest BCUT2D eigenvalue weighted by Crippen LogP contribution is -2.14. The zero-order valence-electron chi connectivity index (χ0n) is 8.95. The molecule has 3 nitrogen and oxygen atoms in total. The van der Waals surface area contributed by atoms with Crippen molar-refractivity contribution < 1.29 is 4.79 Å². The van der Waals surface area contributed by atoms with E-state index >= 15 is 0 Å². The van der Waals surface area contributed by atoms with Crippen LogP contribution in [-0.4, -0.2) is 17.9 Å². The van der Waals surface area contributed by atoms with Crippen molar-refractivity contribution in [3.05, 3.63) is 35.5 Å². The molecule has 0 saturated heterocycles. The highest BCUT2D eigenvalue weighted by Gasteiger charge is 2.08. The molecule has 1 N–H and O–H groups in total. The number of carbonyl (C=O) groups is 1. The standard InChI is InChI=1S/C12H14N2O/c1-9(15)13-12-4-3-11-8-14(2)6-5-10(11)7-12/h3-7H,8H2,1-2H3,(H,13,15). The summed E-state index contributed by atoms with van der Waals surface area (Å²) in [5.41, 5.74) is 3.32. The molecule has 0 aromatic heterocycles. The predicted molar refractivity (Wildman–Crippen MR) is 61.2 cm³/mol. The van der Waals surface area contributed by atoms with Crippen molar-refractivity contribution in [1.29, 1.82) is 0 Å². The van der Waals surface area contributed by atoms with Gasteiger partial charge in [0.25, 0.3) is 0 Å². The average molecular weight is 202 g/mol. The molecule has 78 valence electrons. The number of nitrogens with one attached hydrogen (secondary N) is 1. The van der Waals surface area contributed by atoms with Gasteiger partial charge in [0.1, 0.15) is 0 Å². The fourth-order valence-corrected chi connectivity index (χ4v) is 1.70. The molecule has 0 unspecified atom stereocenters.